The van der Waals surface area contributed by atoms with Crippen molar-refractivity contribution in [2.45, 2.75) is 12.7 Å². The summed E-state index contributed by atoms with van der Waals surface area (Å²) in [6.45, 7) is 1.62. The summed E-state index contributed by atoms with van der Waals surface area (Å²) >= 11 is 0. The number of rotatable bonds is 4. The number of halogens is 2. The van der Waals surface area contributed by atoms with Crippen LogP contribution in [0.25, 0.3) is 5.65 Å². The average molecular weight is 395 g/mol. The Kier molecular flexibility index (Phi) is 5.23. The first kappa shape index (κ1) is 19.0. The highest BCUT2D eigenvalue weighted by molar-refractivity contribution is 6.00. The molecule has 148 valence electrons. The molecule has 8 heteroatoms. The molecule has 1 saturated heterocycles. The number of nitriles is 1. The second-order valence-corrected chi connectivity index (χ2v) is 6.96. The zero-order valence-corrected chi connectivity index (χ0v) is 15.6. The zero-order chi connectivity index (χ0) is 20.4. The van der Waals surface area contributed by atoms with Gasteiger partial charge in [-0.1, -0.05) is 12.1 Å². The molecule has 1 aromatic carbocycles. The van der Waals surface area contributed by atoms with Gasteiger partial charge in [-0.2, -0.15) is 5.26 Å². The van der Waals surface area contributed by atoms with E-state index in [2.05, 4.69) is 4.98 Å². The van der Waals surface area contributed by atoms with Gasteiger partial charge in [-0.05, 0) is 29.8 Å². The number of piperazine rings is 1. The average Bonchev–Trinajstić information content (AvgIpc) is 3.18. The number of alkyl halides is 1. The Bertz CT molecular complexity index is 1060. The van der Waals surface area contributed by atoms with Gasteiger partial charge in [0.05, 0.1) is 11.8 Å². The van der Waals surface area contributed by atoms with Crippen LogP contribution in [-0.4, -0.2) is 57.6 Å². The van der Waals surface area contributed by atoms with Gasteiger partial charge in [0.1, 0.15) is 17.6 Å². The number of carbonyl (C=O) groups is 1. The first-order valence-corrected chi connectivity index (χ1v) is 9.35. The molecule has 2 aromatic heterocycles. The molecule has 1 aliphatic rings. The number of amides is 1. The first-order valence-electron chi connectivity index (χ1n) is 9.35. The summed E-state index contributed by atoms with van der Waals surface area (Å²) in [4.78, 5) is 20.5. The van der Waals surface area contributed by atoms with Crippen molar-refractivity contribution in [1.29, 1.82) is 5.26 Å². The summed E-state index contributed by atoms with van der Waals surface area (Å²) in [5.41, 5.74) is 1.96. The molecule has 4 rings (SSSR count). The summed E-state index contributed by atoms with van der Waals surface area (Å²) in [6, 6.07) is 11.3. The quantitative estimate of drug-likeness (QED) is 0.637. The van der Waals surface area contributed by atoms with Gasteiger partial charge < -0.3 is 4.90 Å². The molecule has 0 N–H and O–H groups in total. The summed E-state index contributed by atoms with van der Waals surface area (Å²) in [7, 11) is 0. The number of hydrogen-bond acceptors (Lipinski definition) is 4. The molecule has 1 fully saturated rings. The normalized spacial score (nSPS) is 16.0. The molecule has 3 aromatic rings. The third-order valence-electron chi connectivity index (χ3n) is 5.20. The van der Waals surface area contributed by atoms with Gasteiger partial charge in [-0.25, -0.2) is 13.8 Å². The highest BCUT2D eigenvalue weighted by Crippen LogP contribution is 2.18. The van der Waals surface area contributed by atoms with Crippen LogP contribution in [0.3, 0.4) is 0 Å². The minimum absolute atomic E-state index is 0.179. The van der Waals surface area contributed by atoms with Gasteiger partial charge in [0, 0.05) is 38.8 Å². The minimum atomic E-state index is -1.19. The molecule has 0 bridgehead atoms. The van der Waals surface area contributed by atoms with E-state index in [4.69, 9.17) is 5.26 Å². The maximum atomic E-state index is 14.7. The van der Waals surface area contributed by atoms with Gasteiger partial charge in [0.15, 0.2) is 11.9 Å². The van der Waals surface area contributed by atoms with Crippen LogP contribution in [0.1, 0.15) is 21.6 Å². The molecule has 0 radical (unpaired) electrons. The Hall–Kier alpha value is -3.31. The van der Waals surface area contributed by atoms with Crippen LogP contribution < -0.4 is 0 Å². The SMILES string of the molecule is N#Cc1cnc2c(C(=O)N3CCN(C(F)Cc4ccc(F)cc4)CC3)cccn12. The molecule has 1 aliphatic heterocycles. The number of pyridine rings is 1. The molecular weight excluding hydrogens is 376 g/mol. The fourth-order valence-electron chi connectivity index (χ4n) is 3.58. The Morgan fingerprint density at radius 3 is 2.59 bits per heavy atom. The minimum Gasteiger partial charge on any atom is -0.336 e. The Balaban J connectivity index is 1.40. The van der Waals surface area contributed by atoms with Gasteiger partial charge in [0.25, 0.3) is 5.91 Å². The number of carbonyl (C=O) groups excluding carboxylic acids is 1. The molecule has 6 nitrogen and oxygen atoms in total. The van der Waals surface area contributed by atoms with E-state index >= 15 is 0 Å². The second-order valence-electron chi connectivity index (χ2n) is 6.96. The van der Waals surface area contributed by atoms with Crippen LogP contribution in [0.2, 0.25) is 0 Å². The van der Waals surface area contributed by atoms with Crippen LogP contribution in [0.4, 0.5) is 8.78 Å². The summed E-state index contributed by atoms with van der Waals surface area (Å²) in [6.07, 6.45) is 2.12. The number of aromatic nitrogens is 2. The van der Waals surface area contributed by atoms with E-state index in [1.165, 1.54) is 18.3 Å². The lowest BCUT2D eigenvalue weighted by molar-refractivity contribution is 0.0280. The van der Waals surface area contributed by atoms with Crippen LogP contribution >= 0.6 is 0 Å². The van der Waals surface area contributed by atoms with Gasteiger partial charge in [0.2, 0.25) is 0 Å². The molecule has 1 unspecified atom stereocenters. The lowest BCUT2D eigenvalue weighted by Crippen LogP contribution is -2.51. The molecule has 0 spiro atoms. The molecule has 29 heavy (non-hydrogen) atoms. The molecule has 1 atom stereocenters. The smallest absolute Gasteiger partial charge is 0.257 e. The van der Waals surface area contributed by atoms with Crippen LogP contribution in [0.5, 0.6) is 0 Å². The molecule has 0 aliphatic carbocycles. The van der Waals surface area contributed by atoms with Crippen molar-refractivity contribution in [3.05, 3.63) is 71.4 Å². The second kappa shape index (κ2) is 7.97. The Morgan fingerprint density at radius 2 is 1.90 bits per heavy atom. The largest absolute Gasteiger partial charge is 0.336 e. The number of benzene rings is 1. The third-order valence-corrected chi connectivity index (χ3v) is 5.20. The van der Waals surface area contributed by atoms with E-state index in [0.29, 0.717) is 43.1 Å². The van der Waals surface area contributed by atoms with E-state index in [1.54, 1.807) is 44.7 Å². The predicted molar refractivity (Wildman–Crippen MR) is 102 cm³/mol. The predicted octanol–water partition coefficient (Wildman–Crippen LogP) is 2.64. The fourth-order valence-corrected chi connectivity index (χ4v) is 3.58. The lowest BCUT2D eigenvalue weighted by Gasteiger charge is -2.36. The maximum Gasteiger partial charge on any atom is 0.257 e. The lowest BCUT2D eigenvalue weighted by atomic mass is 10.1. The number of imidazole rings is 1. The van der Waals surface area contributed by atoms with Crippen LogP contribution in [-0.2, 0) is 6.42 Å². The van der Waals surface area contributed by atoms with Crippen molar-refractivity contribution in [1.82, 2.24) is 19.2 Å². The molecule has 1 amide bonds. The van der Waals surface area contributed by atoms with Crippen molar-refractivity contribution < 1.29 is 13.6 Å². The Morgan fingerprint density at radius 1 is 1.17 bits per heavy atom. The van der Waals surface area contributed by atoms with Crippen molar-refractivity contribution >= 4 is 11.6 Å². The van der Waals surface area contributed by atoms with E-state index in [-0.39, 0.29) is 18.1 Å². The molecule has 3 heterocycles. The first-order chi connectivity index (χ1) is 14.1. The standard InChI is InChI=1S/C21H19F2N5O/c22-16-5-3-15(4-6-16)12-19(23)26-8-10-27(11-9-26)21(29)18-2-1-7-28-17(13-24)14-25-20(18)28/h1-7,14,19H,8-12H2. The van der Waals surface area contributed by atoms with E-state index in [0.717, 1.165) is 5.56 Å². The maximum absolute atomic E-state index is 14.7. The van der Waals surface area contributed by atoms with E-state index in [1.807, 2.05) is 6.07 Å². The van der Waals surface area contributed by atoms with Crippen molar-refractivity contribution in [3.8, 4) is 6.07 Å². The number of hydrogen-bond donors (Lipinski definition) is 0. The van der Waals surface area contributed by atoms with Crippen molar-refractivity contribution in [2.24, 2.45) is 0 Å². The van der Waals surface area contributed by atoms with E-state index < -0.39 is 6.30 Å². The van der Waals surface area contributed by atoms with Gasteiger partial charge >= 0.3 is 0 Å². The summed E-state index contributed by atoms with van der Waals surface area (Å²) in [5.74, 6) is -0.523. The van der Waals surface area contributed by atoms with Gasteiger partial charge in [-0.15, -0.1) is 0 Å². The molecular formula is C21H19F2N5O. The highest BCUT2D eigenvalue weighted by atomic mass is 19.1. The fraction of sp³-hybridized carbons (Fsp3) is 0.286. The third kappa shape index (κ3) is 3.82. The van der Waals surface area contributed by atoms with Crippen LogP contribution in [0, 0.1) is 17.1 Å². The van der Waals surface area contributed by atoms with Crippen LogP contribution in [0.15, 0.2) is 48.8 Å². The van der Waals surface area contributed by atoms with Crippen molar-refractivity contribution in [3.63, 3.8) is 0 Å². The number of fused-ring (bicyclic) bond motifs is 1. The molecule has 0 saturated carbocycles. The zero-order valence-electron chi connectivity index (χ0n) is 15.6. The summed E-state index contributed by atoms with van der Waals surface area (Å²) in [5, 5.41) is 9.14. The van der Waals surface area contributed by atoms with E-state index in [9.17, 15) is 13.6 Å². The number of nitrogens with zero attached hydrogens (tertiary/aromatic N) is 5. The highest BCUT2D eigenvalue weighted by Gasteiger charge is 2.28. The topological polar surface area (TPSA) is 64.6 Å². The van der Waals surface area contributed by atoms with Gasteiger partial charge in [-0.3, -0.25) is 14.1 Å². The monoisotopic (exact) mass is 395 g/mol. The van der Waals surface area contributed by atoms with Crippen molar-refractivity contribution in [2.75, 3.05) is 26.2 Å². The summed E-state index contributed by atoms with van der Waals surface area (Å²) < 4.78 is 29.2. The Labute approximate surface area is 166 Å².